The van der Waals surface area contributed by atoms with Crippen LogP contribution in [0.4, 0.5) is 4.39 Å². The van der Waals surface area contributed by atoms with E-state index >= 15 is 0 Å². The molecule has 1 unspecified atom stereocenters. The molecule has 0 bridgehead atoms. The lowest BCUT2D eigenvalue weighted by molar-refractivity contribution is 0.471. The quantitative estimate of drug-likeness (QED) is 0.420. The average molecular weight is 385 g/mol. The van der Waals surface area contributed by atoms with Crippen molar-refractivity contribution >= 4 is 17.2 Å². The normalized spacial score (nSPS) is 17.0. The Morgan fingerprint density at radius 1 is 1.00 bits per heavy atom. The second-order valence-corrected chi connectivity index (χ2v) is 8.09. The first-order valence-corrected chi connectivity index (χ1v) is 10.8. The Hall–Kier alpha value is -1.60. The lowest BCUT2D eigenvalue weighted by atomic mass is 9.85. The monoisotopic (exact) mass is 384 g/mol. The second kappa shape index (κ2) is 9.55. The molecule has 0 heterocycles. The minimum Gasteiger partial charge on any atom is -0.205 e. The van der Waals surface area contributed by atoms with E-state index in [4.69, 9.17) is 11.6 Å². The number of aryl methyl sites for hydroxylation is 1. The standard InChI is InChI=1S/C25H30ClF/c1-3-5-6-7-22-16-17-23(25(27)24(22)26)21-14-12-20(13-15-21)19-10-8-18(4-2)9-11-19/h10,12-18H,3-9,11H2,1-2H3. The number of halogens is 2. The summed E-state index contributed by atoms with van der Waals surface area (Å²) >= 11 is 6.32. The van der Waals surface area contributed by atoms with Crippen molar-refractivity contribution in [2.45, 2.75) is 65.2 Å². The fourth-order valence-electron chi connectivity index (χ4n) is 3.96. The molecule has 0 N–H and O–H groups in total. The predicted molar refractivity (Wildman–Crippen MR) is 116 cm³/mol. The Morgan fingerprint density at radius 3 is 2.37 bits per heavy atom. The molecular weight excluding hydrogens is 355 g/mol. The molecule has 2 aromatic carbocycles. The molecule has 144 valence electrons. The van der Waals surface area contributed by atoms with E-state index in [0.29, 0.717) is 5.56 Å². The van der Waals surface area contributed by atoms with Gasteiger partial charge in [-0.25, -0.2) is 4.39 Å². The van der Waals surface area contributed by atoms with E-state index in [2.05, 4.69) is 32.1 Å². The summed E-state index contributed by atoms with van der Waals surface area (Å²) < 4.78 is 14.9. The molecule has 1 atom stereocenters. The highest BCUT2D eigenvalue weighted by Gasteiger charge is 2.15. The molecule has 2 heteroatoms. The number of unbranched alkanes of at least 4 members (excludes halogenated alkanes) is 2. The lowest BCUT2D eigenvalue weighted by Gasteiger charge is -2.21. The van der Waals surface area contributed by atoms with E-state index < -0.39 is 0 Å². The van der Waals surface area contributed by atoms with Gasteiger partial charge in [0.25, 0.3) is 0 Å². The first-order chi connectivity index (χ1) is 13.1. The van der Waals surface area contributed by atoms with Crippen LogP contribution in [-0.2, 0) is 6.42 Å². The number of hydrogen-bond acceptors (Lipinski definition) is 0. The van der Waals surface area contributed by atoms with Crippen molar-refractivity contribution in [1.82, 2.24) is 0 Å². The molecule has 0 spiro atoms. The van der Waals surface area contributed by atoms with Gasteiger partial charge in [0.1, 0.15) is 5.82 Å². The van der Waals surface area contributed by atoms with Gasteiger partial charge in [-0.2, -0.15) is 0 Å². The van der Waals surface area contributed by atoms with Gasteiger partial charge in [-0.05, 0) is 60.3 Å². The highest BCUT2D eigenvalue weighted by Crippen LogP contribution is 2.34. The Morgan fingerprint density at radius 2 is 1.74 bits per heavy atom. The van der Waals surface area contributed by atoms with Crippen molar-refractivity contribution in [2.75, 3.05) is 0 Å². The summed E-state index contributed by atoms with van der Waals surface area (Å²) in [7, 11) is 0. The maximum absolute atomic E-state index is 14.9. The fraction of sp³-hybridized carbons (Fsp3) is 0.440. The zero-order valence-electron chi connectivity index (χ0n) is 16.5. The molecule has 0 aromatic heterocycles. The van der Waals surface area contributed by atoms with Gasteiger partial charge in [0.2, 0.25) is 0 Å². The molecule has 0 amide bonds. The molecule has 1 aliphatic carbocycles. The molecule has 0 saturated heterocycles. The number of hydrogen-bond donors (Lipinski definition) is 0. The molecule has 27 heavy (non-hydrogen) atoms. The number of rotatable bonds is 7. The van der Waals surface area contributed by atoms with E-state index in [1.165, 1.54) is 30.4 Å². The van der Waals surface area contributed by atoms with E-state index in [1.54, 1.807) is 0 Å². The molecule has 0 saturated carbocycles. The van der Waals surface area contributed by atoms with Gasteiger partial charge < -0.3 is 0 Å². The summed E-state index contributed by atoms with van der Waals surface area (Å²) in [6.45, 7) is 4.44. The van der Waals surface area contributed by atoms with Crippen LogP contribution in [0.2, 0.25) is 5.02 Å². The third kappa shape index (κ3) is 4.82. The summed E-state index contributed by atoms with van der Waals surface area (Å²) in [5, 5.41) is 0.285. The molecule has 0 aliphatic heterocycles. The van der Waals surface area contributed by atoms with Crippen LogP contribution >= 0.6 is 11.6 Å². The Balaban J connectivity index is 1.77. The number of benzene rings is 2. The maximum atomic E-state index is 14.9. The Kier molecular flexibility index (Phi) is 7.13. The van der Waals surface area contributed by atoms with Crippen LogP contribution in [0.3, 0.4) is 0 Å². The zero-order valence-corrected chi connectivity index (χ0v) is 17.3. The van der Waals surface area contributed by atoms with Gasteiger partial charge >= 0.3 is 0 Å². The van der Waals surface area contributed by atoms with Gasteiger partial charge in [-0.3, -0.25) is 0 Å². The van der Waals surface area contributed by atoms with Crippen LogP contribution in [0.15, 0.2) is 42.5 Å². The van der Waals surface area contributed by atoms with E-state index in [1.807, 2.05) is 24.3 Å². The first-order valence-electron chi connectivity index (χ1n) is 10.4. The number of allylic oxidation sites excluding steroid dienone is 2. The van der Waals surface area contributed by atoms with Crippen molar-refractivity contribution in [1.29, 1.82) is 0 Å². The van der Waals surface area contributed by atoms with Gasteiger partial charge in [-0.1, -0.05) is 87.2 Å². The van der Waals surface area contributed by atoms with Gasteiger partial charge in [0, 0.05) is 5.56 Å². The smallest absolute Gasteiger partial charge is 0.149 e. The SMILES string of the molecule is CCCCCc1ccc(-c2ccc(C3=CCC(CC)CC3)cc2)c(F)c1Cl. The van der Waals surface area contributed by atoms with Gasteiger partial charge in [-0.15, -0.1) is 0 Å². The largest absolute Gasteiger partial charge is 0.205 e. The molecule has 0 radical (unpaired) electrons. The van der Waals surface area contributed by atoms with Crippen LogP contribution in [0, 0.1) is 11.7 Å². The summed E-state index contributed by atoms with van der Waals surface area (Å²) in [6, 6.07) is 12.1. The Bertz CT molecular complexity index is 789. The average Bonchev–Trinajstić information content (AvgIpc) is 2.72. The highest BCUT2D eigenvalue weighted by atomic mass is 35.5. The van der Waals surface area contributed by atoms with Crippen molar-refractivity contribution in [2.24, 2.45) is 5.92 Å². The summed E-state index contributed by atoms with van der Waals surface area (Å²) in [4.78, 5) is 0. The highest BCUT2D eigenvalue weighted by molar-refractivity contribution is 6.31. The van der Waals surface area contributed by atoms with E-state index in [9.17, 15) is 4.39 Å². The van der Waals surface area contributed by atoms with Crippen LogP contribution in [0.5, 0.6) is 0 Å². The Labute approximate surface area is 168 Å². The lowest BCUT2D eigenvalue weighted by Crippen LogP contribution is -2.03. The molecule has 1 aliphatic rings. The second-order valence-electron chi connectivity index (χ2n) is 7.71. The molecule has 2 aromatic rings. The van der Waals surface area contributed by atoms with Crippen molar-refractivity contribution in [3.05, 3.63) is 64.4 Å². The van der Waals surface area contributed by atoms with Gasteiger partial charge in [0.05, 0.1) is 5.02 Å². The van der Waals surface area contributed by atoms with Crippen LogP contribution in [-0.4, -0.2) is 0 Å². The zero-order chi connectivity index (χ0) is 19.2. The van der Waals surface area contributed by atoms with Crippen molar-refractivity contribution in [3.8, 4) is 11.1 Å². The summed E-state index contributed by atoms with van der Waals surface area (Å²) in [6.07, 6.45) is 11.4. The molecule has 0 fully saturated rings. The van der Waals surface area contributed by atoms with Gasteiger partial charge in [0.15, 0.2) is 0 Å². The minimum absolute atomic E-state index is 0.285. The maximum Gasteiger partial charge on any atom is 0.149 e. The summed E-state index contributed by atoms with van der Waals surface area (Å²) in [5.74, 6) is 0.543. The minimum atomic E-state index is -0.291. The molecule has 3 rings (SSSR count). The van der Waals surface area contributed by atoms with Crippen molar-refractivity contribution in [3.63, 3.8) is 0 Å². The first kappa shape index (κ1) is 20.1. The fourth-order valence-corrected chi connectivity index (χ4v) is 4.22. The summed E-state index contributed by atoms with van der Waals surface area (Å²) in [5.41, 5.74) is 5.09. The third-order valence-electron chi connectivity index (χ3n) is 5.88. The molecule has 0 nitrogen and oxygen atoms in total. The van der Waals surface area contributed by atoms with E-state index in [0.717, 1.165) is 49.1 Å². The topological polar surface area (TPSA) is 0 Å². The van der Waals surface area contributed by atoms with Crippen molar-refractivity contribution < 1.29 is 4.39 Å². The van der Waals surface area contributed by atoms with Crippen LogP contribution < -0.4 is 0 Å². The van der Waals surface area contributed by atoms with E-state index in [-0.39, 0.29) is 10.8 Å². The van der Waals surface area contributed by atoms with Crippen LogP contribution in [0.1, 0.15) is 69.9 Å². The molecular formula is C25H30ClF. The third-order valence-corrected chi connectivity index (χ3v) is 6.28. The van der Waals surface area contributed by atoms with Crippen LogP contribution in [0.25, 0.3) is 16.7 Å². The predicted octanol–water partition coefficient (Wildman–Crippen LogP) is 8.47.